The van der Waals surface area contributed by atoms with Gasteiger partial charge in [0.15, 0.2) is 11.5 Å². The number of rotatable bonds is 4. The van der Waals surface area contributed by atoms with E-state index in [1.165, 1.54) is 12.0 Å². The summed E-state index contributed by atoms with van der Waals surface area (Å²) >= 11 is 0. The van der Waals surface area contributed by atoms with E-state index in [-0.39, 0.29) is 11.9 Å². The van der Waals surface area contributed by atoms with Gasteiger partial charge in [0.1, 0.15) is 5.75 Å². The molecule has 0 saturated heterocycles. The van der Waals surface area contributed by atoms with Gasteiger partial charge in [0, 0.05) is 32.1 Å². The molecule has 1 aliphatic heterocycles. The minimum absolute atomic E-state index is 0.107. The maximum atomic E-state index is 12.3. The van der Waals surface area contributed by atoms with Gasteiger partial charge in [-0.25, -0.2) is 4.99 Å². The number of amides is 1. The first-order valence-electron chi connectivity index (χ1n) is 9.29. The van der Waals surface area contributed by atoms with E-state index in [1.54, 1.807) is 38.4 Å². The highest BCUT2D eigenvalue weighted by Gasteiger charge is 2.17. The van der Waals surface area contributed by atoms with Gasteiger partial charge in [0.05, 0.1) is 25.3 Å². The standard InChI is InChI=1S/C22H22N4O4/c1-14-9-16(21(27)26(2)3)12-17(10-14)29-20-7-8-24-22(25-20)30-19-11-15(13-23)5-6-18(19)28-4/h5-6,9-12H,7-8H2,1-4H3. The van der Waals surface area contributed by atoms with Crippen LogP contribution in [0.1, 0.15) is 27.9 Å². The first-order valence-corrected chi connectivity index (χ1v) is 9.29. The average molecular weight is 406 g/mol. The van der Waals surface area contributed by atoms with Crippen molar-refractivity contribution in [1.29, 1.82) is 5.26 Å². The van der Waals surface area contributed by atoms with Gasteiger partial charge in [-0.1, -0.05) is 0 Å². The minimum Gasteiger partial charge on any atom is -0.493 e. The van der Waals surface area contributed by atoms with E-state index in [0.717, 1.165) is 5.56 Å². The molecule has 2 aromatic carbocycles. The molecule has 30 heavy (non-hydrogen) atoms. The van der Waals surface area contributed by atoms with E-state index in [9.17, 15) is 4.79 Å². The second kappa shape index (κ2) is 9.09. The molecule has 0 unspecified atom stereocenters. The zero-order chi connectivity index (χ0) is 21.7. The Morgan fingerprint density at radius 2 is 1.93 bits per heavy atom. The third-order valence-corrected chi connectivity index (χ3v) is 4.23. The summed E-state index contributed by atoms with van der Waals surface area (Å²) in [5.41, 5.74) is 1.87. The van der Waals surface area contributed by atoms with Crippen LogP contribution in [0.15, 0.2) is 46.4 Å². The Morgan fingerprint density at radius 1 is 1.13 bits per heavy atom. The fourth-order valence-corrected chi connectivity index (χ4v) is 2.82. The Morgan fingerprint density at radius 3 is 2.63 bits per heavy atom. The van der Waals surface area contributed by atoms with Crippen molar-refractivity contribution in [2.24, 2.45) is 9.98 Å². The number of aliphatic imine (C=N–C) groups is 2. The number of benzene rings is 2. The number of aryl methyl sites for hydroxylation is 1. The zero-order valence-corrected chi connectivity index (χ0v) is 17.3. The average Bonchev–Trinajstić information content (AvgIpc) is 2.72. The van der Waals surface area contributed by atoms with E-state index in [4.69, 9.17) is 19.5 Å². The van der Waals surface area contributed by atoms with Gasteiger partial charge >= 0.3 is 6.02 Å². The van der Waals surface area contributed by atoms with E-state index in [0.29, 0.717) is 47.2 Å². The SMILES string of the molecule is COc1ccc(C#N)cc1OC1=NCCC(Oc2cc(C)cc(C(=O)N(C)C)c2)=N1. The van der Waals surface area contributed by atoms with Crippen LogP contribution in [-0.2, 0) is 0 Å². The first-order chi connectivity index (χ1) is 14.4. The predicted octanol–water partition coefficient (Wildman–Crippen LogP) is 3.19. The molecule has 2 aromatic rings. The van der Waals surface area contributed by atoms with Gasteiger partial charge in [-0.2, -0.15) is 10.3 Å². The molecule has 8 nitrogen and oxygen atoms in total. The normalized spacial score (nSPS) is 12.9. The van der Waals surface area contributed by atoms with Crippen LogP contribution in [0, 0.1) is 18.3 Å². The number of ether oxygens (including phenoxy) is 3. The minimum atomic E-state index is -0.107. The molecular formula is C22H22N4O4. The van der Waals surface area contributed by atoms with Crippen LogP contribution >= 0.6 is 0 Å². The van der Waals surface area contributed by atoms with Gasteiger partial charge < -0.3 is 19.1 Å². The summed E-state index contributed by atoms with van der Waals surface area (Å²) in [5, 5.41) is 9.10. The van der Waals surface area contributed by atoms with Gasteiger partial charge in [-0.15, -0.1) is 0 Å². The molecule has 0 aliphatic carbocycles. The summed E-state index contributed by atoms with van der Waals surface area (Å²) in [6.07, 6.45) is 0.493. The van der Waals surface area contributed by atoms with Gasteiger partial charge in [-0.05, 0) is 42.8 Å². The zero-order valence-electron chi connectivity index (χ0n) is 17.3. The highest BCUT2D eigenvalue weighted by molar-refractivity contribution is 5.96. The third kappa shape index (κ3) is 4.94. The summed E-state index contributed by atoms with van der Waals surface area (Å²) in [6.45, 7) is 2.33. The number of hydrogen-bond donors (Lipinski definition) is 0. The highest BCUT2D eigenvalue weighted by atomic mass is 16.5. The largest absolute Gasteiger partial charge is 0.493 e. The molecule has 1 heterocycles. The van der Waals surface area contributed by atoms with E-state index >= 15 is 0 Å². The predicted molar refractivity (Wildman–Crippen MR) is 113 cm³/mol. The van der Waals surface area contributed by atoms with Crippen molar-refractivity contribution in [2.75, 3.05) is 27.7 Å². The van der Waals surface area contributed by atoms with Crippen molar-refractivity contribution in [1.82, 2.24) is 4.90 Å². The van der Waals surface area contributed by atoms with Crippen molar-refractivity contribution < 1.29 is 19.0 Å². The molecule has 0 saturated carbocycles. The molecule has 1 amide bonds. The van der Waals surface area contributed by atoms with Crippen molar-refractivity contribution in [2.45, 2.75) is 13.3 Å². The molecule has 0 radical (unpaired) electrons. The smallest absolute Gasteiger partial charge is 0.320 e. The summed E-state index contributed by atoms with van der Waals surface area (Å²) in [6, 6.07) is 12.3. The molecule has 154 valence electrons. The summed E-state index contributed by atoms with van der Waals surface area (Å²) in [5.74, 6) is 1.64. The summed E-state index contributed by atoms with van der Waals surface area (Å²) < 4.78 is 16.9. The van der Waals surface area contributed by atoms with Crippen molar-refractivity contribution in [3.8, 4) is 23.3 Å². The number of amidine groups is 1. The highest BCUT2D eigenvalue weighted by Crippen LogP contribution is 2.28. The van der Waals surface area contributed by atoms with Crippen molar-refractivity contribution in [3.05, 3.63) is 53.1 Å². The van der Waals surface area contributed by atoms with E-state index in [1.807, 2.05) is 19.1 Å². The quantitative estimate of drug-likeness (QED) is 0.777. The molecule has 0 spiro atoms. The van der Waals surface area contributed by atoms with Gasteiger partial charge in [-0.3, -0.25) is 4.79 Å². The van der Waals surface area contributed by atoms with Crippen LogP contribution in [0.2, 0.25) is 0 Å². The Kier molecular flexibility index (Phi) is 6.32. The Hall–Kier alpha value is -3.86. The Bertz CT molecular complexity index is 1070. The van der Waals surface area contributed by atoms with Crippen LogP contribution in [0.4, 0.5) is 0 Å². The Balaban J connectivity index is 1.81. The number of carbonyl (C=O) groups excluding carboxylic acids is 1. The van der Waals surface area contributed by atoms with Gasteiger partial charge in [0.2, 0.25) is 5.90 Å². The lowest BCUT2D eigenvalue weighted by molar-refractivity contribution is 0.0827. The number of methoxy groups -OCH3 is 1. The molecule has 0 bridgehead atoms. The van der Waals surface area contributed by atoms with Crippen LogP contribution in [0.25, 0.3) is 0 Å². The maximum absolute atomic E-state index is 12.3. The Labute approximate surface area is 175 Å². The monoisotopic (exact) mass is 406 g/mol. The maximum Gasteiger partial charge on any atom is 0.320 e. The third-order valence-electron chi connectivity index (χ3n) is 4.23. The topological polar surface area (TPSA) is 96.5 Å². The fourth-order valence-electron chi connectivity index (χ4n) is 2.82. The molecule has 1 aliphatic rings. The summed E-state index contributed by atoms with van der Waals surface area (Å²) in [4.78, 5) is 22.4. The molecule has 3 rings (SSSR count). The molecule has 0 atom stereocenters. The molecule has 0 fully saturated rings. The molecule has 0 N–H and O–H groups in total. The van der Waals surface area contributed by atoms with Crippen molar-refractivity contribution >= 4 is 17.8 Å². The molecule has 0 aromatic heterocycles. The molecule has 8 heteroatoms. The molecular weight excluding hydrogens is 384 g/mol. The first kappa shape index (κ1) is 20.9. The van der Waals surface area contributed by atoms with Crippen LogP contribution in [-0.4, -0.2) is 50.5 Å². The second-order valence-corrected chi connectivity index (χ2v) is 6.84. The number of hydrogen-bond acceptors (Lipinski definition) is 7. The fraction of sp³-hybridized carbons (Fsp3) is 0.273. The number of nitriles is 1. The number of nitrogens with zero attached hydrogens (tertiary/aromatic N) is 4. The summed E-state index contributed by atoms with van der Waals surface area (Å²) in [7, 11) is 4.91. The second-order valence-electron chi connectivity index (χ2n) is 6.84. The van der Waals surface area contributed by atoms with Gasteiger partial charge in [0.25, 0.3) is 5.91 Å². The van der Waals surface area contributed by atoms with Crippen molar-refractivity contribution in [3.63, 3.8) is 0 Å². The van der Waals surface area contributed by atoms with Crippen LogP contribution < -0.4 is 14.2 Å². The van der Waals surface area contributed by atoms with Crippen LogP contribution in [0.5, 0.6) is 17.2 Å². The number of carbonyl (C=O) groups is 1. The lowest BCUT2D eigenvalue weighted by Crippen LogP contribution is -2.23. The lowest BCUT2D eigenvalue weighted by atomic mass is 10.1. The van der Waals surface area contributed by atoms with E-state index in [2.05, 4.69) is 16.1 Å². The van der Waals surface area contributed by atoms with E-state index < -0.39 is 0 Å². The van der Waals surface area contributed by atoms with Crippen LogP contribution in [0.3, 0.4) is 0 Å². The lowest BCUT2D eigenvalue weighted by Gasteiger charge is -2.16.